The van der Waals surface area contributed by atoms with Crippen molar-refractivity contribution in [2.24, 2.45) is 22.4 Å². The number of nitrogens with one attached hydrogen (secondary N) is 1. The standard InChI is InChI=1S/C27H28Cl2N6O6S3/c28-16-1-2-18(29)19(9-16)43-13-20(36)33-21-23(37)35-22(26(40)41)15(12-44-24(21)35)11-42-17-4-7-34(8-5-17)10-14(25(38)39)3-6-32-27(30)31/h1-2,4-5,7-9,14,21,24H,3,6,10-13H2,(H6-,30,31,32,33,36,38,39,40,41)/p+1/t14-,21+,24+/m0/s1. The highest BCUT2D eigenvalue weighted by atomic mass is 35.5. The first-order chi connectivity index (χ1) is 20.9. The summed E-state index contributed by atoms with van der Waals surface area (Å²) in [5.41, 5.74) is 11.1. The molecule has 1 aromatic heterocycles. The first-order valence-electron chi connectivity index (χ1n) is 13.1. The van der Waals surface area contributed by atoms with Crippen LogP contribution in [0.4, 0.5) is 0 Å². The van der Waals surface area contributed by atoms with Crippen LogP contribution in [0.5, 0.6) is 0 Å². The molecule has 3 heterocycles. The minimum atomic E-state index is -1.21. The Bertz CT molecular complexity index is 1510. The molecule has 17 heteroatoms. The number of halogens is 2. The summed E-state index contributed by atoms with van der Waals surface area (Å²) < 4.78 is 1.75. The second-order valence-corrected chi connectivity index (χ2v) is 13.7. The normalized spacial score (nSPS) is 18.2. The van der Waals surface area contributed by atoms with Gasteiger partial charge in [0.25, 0.3) is 5.91 Å². The van der Waals surface area contributed by atoms with Gasteiger partial charge < -0.3 is 27.0 Å². The predicted octanol–water partition coefficient (Wildman–Crippen LogP) is 2.27. The number of benzene rings is 1. The van der Waals surface area contributed by atoms with Crippen molar-refractivity contribution in [1.82, 2.24) is 10.2 Å². The Morgan fingerprint density at radius 2 is 1.89 bits per heavy atom. The van der Waals surface area contributed by atoms with Crippen molar-refractivity contribution >= 4 is 88.2 Å². The Balaban J connectivity index is 1.33. The SMILES string of the molecule is NC(N)=NCC[C@@H](C[n+]1ccc(SCC2=C(C(=O)O)N3C(=O)[C@@H](NC(=O)CSc4cc(Cl)ccc4Cl)[C@H]3SC2)cc1)C(=O)O. The first-order valence-corrected chi connectivity index (χ1v) is 16.9. The molecule has 0 spiro atoms. The van der Waals surface area contributed by atoms with Crippen LogP contribution in [0.15, 0.2) is 68.8 Å². The summed E-state index contributed by atoms with van der Waals surface area (Å²) in [7, 11) is 0. The molecule has 0 radical (unpaired) electrons. The lowest BCUT2D eigenvalue weighted by Crippen LogP contribution is -2.70. The highest BCUT2D eigenvalue weighted by Crippen LogP contribution is 2.41. The fourth-order valence-electron chi connectivity index (χ4n) is 4.47. The number of carbonyl (C=O) groups is 4. The summed E-state index contributed by atoms with van der Waals surface area (Å²) >= 11 is 16.1. The van der Waals surface area contributed by atoms with Crippen LogP contribution in [0.25, 0.3) is 0 Å². The van der Waals surface area contributed by atoms with Gasteiger partial charge in [0.15, 0.2) is 24.9 Å². The smallest absolute Gasteiger partial charge is 0.352 e. The number of hydrogen-bond acceptors (Lipinski definition) is 8. The molecule has 2 aromatic rings. The van der Waals surface area contributed by atoms with Crippen LogP contribution in [0.2, 0.25) is 10.0 Å². The van der Waals surface area contributed by atoms with Crippen LogP contribution in [0, 0.1) is 5.92 Å². The van der Waals surface area contributed by atoms with E-state index in [0.717, 1.165) is 4.90 Å². The van der Waals surface area contributed by atoms with Gasteiger partial charge in [-0.3, -0.25) is 24.3 Å². The topological polar surface area (TPSA) is 192 Å². The maximum Gasteiger partial charge on any atom is 0.352 e. The number of nitrogens with two attached hydrogens (primary N) is 2. The molecule has 0 aliphatic carbocycles. The van der Waals surface area contributed by atoms with Gasteiger partial charge in [0, 0.05) is 45.0 Å². The minimum absolute atomic E-state index is 0.0107. The lowest BCUT2D eigenvalue weighted by atomic mass is 10.0. The molecule has 12 nitrogen and oxygen atoms in total. The summed E-state index contributed by atoms with van der Waals surface area (Å²) in [5, 5.41) is 22.6. The zero-order chi connectivity index (χ0) is 32.0. The van der Waals surface area contributed by atoms with Gasteiger partial charge in [-0.25, -0.2) is 9.36 Å². The van der Waals surface area contributed by atoms with Gasteiger partial charge in [-0.15, -0.1) is 35.3 Å². The summed E-state index contributed by atoms with van der Waals surface area (Å²) in [5.74, 6) is -3.06. The largest absolute Gasteiger partial charge is 0.481 e. The van der Waals surface area contributed by atoms with E-state index < -0.39 is 35.2 Å². The number of guanidine groups is 1. The minimum Gasteiger partial charge on any atom is -0.481 e. The number of carboxylic acid groups (broad SMARTS) is 2. The van der Waals surface area contributed by atoms with Crippen molar-refractivity contribution in [2.45, 2.75) is 34.2 Å². The number of nitrogens with zero attached hydrogens (tertiary/aromatic N) is 3. The van der Waals surface area contributed by atoms with Crippen molar-refractivity contribution in [3.05, 3.63) is 64.0 Å². The van der Waals surface area contributed by atoms with Gasteiger partial charge in [0.2, 0.25) is 5.91 Å². The first kappa shape index (κ1) is 33.8. The number of aromatic nitrogens is 1. The number of fused-ring (bicyclic) bond motifs is 1. The lowest BCUT2D eigenvalue weighted by Gasteiger charge is -2.49. The number of rotatable bonds is 14. The zero-order valence-electron chi connectivity index (χ0n) is 23.0. The maximum absolute atomic E-state index is 13.0. The van der Waals surface area contributed by atoms with Crippen LogP contribution in [0.1, 0.15) is 6.42 Å². The fraction of sp³-hybridized carbons (Fsp3) is 0.333. The number of aliphatic carboxylic acids is 2. The maximum atomic E-state index is 13.0. The van der Waals surface area contributed by atoms with E-state index in [-0.39, 0.29) is 42.8 Å². The fourth-order valence-corrected chi connectivity index (χ4v) is 8.14. The van der Waals surface area contributed by atoms with E-state index in [1.165, 1.54) is 40.2 Å². The highest BCUT2D eigenvalue weighted by Gasteiger charge is 2.54. The molecular formula is C27H29Cl2N6O6S3+. The van der Waals surface area contributed by atoms with Crippen molar-refractivity contribution in [1.29, 1.82) is 0 Å². The molecule has 1 aromatic carbocycles. The molecule has 2 aliphatic rings. The molecule has 1 saturated heterocycles. The van der Waals surface area contributed by atoms with Gasteiger partial charge in [-0.2, -0.15) is 0 Å². The van der Waals surface area contributed by atoms with E-state index >= 15 is 0 Å². The Morgan fingerprint density at radius 1 is 1.16 bits per heavy atom. The second kappa shape index (κ2) is 15.3. The number of amides is 2. The third-order valence-corrected chi connectivity index (χ3v) is 10.8. The quantitative estimate of drug-likeness (QED) is 0.0639. The molecule has 2 amide bonds. The van der Waals surface area contributed by atoms with Crippen LogP contribution < -0.4 is 21.4 Å². The molecule has 234 valence electrons. The van der Waals surface area contributed by atoms with Gasteiger partial charge >= 0.3 is 11.9 Å². The monoisotopic (exact) mass is 699 g/mol. The van der Waals surface area contributed by atoms with Gasteiger partial charge in [0.1, 0.15) is 23.0 Å². The molecule has 4 rings (SSSR count). The number of pyridine rings is 1. The average molecular weight is 701 g/mol. The number of aliphatic imine (C=N–C) groups is 1. The number of hydrogen-bond donors (Lipinski definition) is 5. The Hall–Kier alpha value is -3.11. The summed E-state index contributed by atoms with van der Waals surface area (Å²) in [6.45, 7) is 0.438. The van der Waals surface area contributed by atoms with Gasteiger partial charge in [-0.1, -0.05) is 23.2 Å². The van der Waals surface area contributed by atoms with E-state index in [1.54, 1.807) is 35.2 Å². The van der Waals surface area contributed by atoms with Crippen molar-refractivity contribution in [3.8, 4) is 0 Å². The van der Waals surface area contributed by atoms with E-state index in [9.17, 15) is 29.4 Å². The second-order valence-electron chi connectivity index (χ2n) is 9.73. The average Bonchev–Trinajstić information content (AvgIpc) is 2.98. The number of β-lactam (4-membered cyclic amide) rings is 1. The molecule has 0 saturated carbocycles. The lowest BCUT2D eigenvalue weighted by molar-refractivity contribution is -0.701. The van der Waals surface area contributed by atoms with Crippen molar-refractivity contribution in [3.63, 3.8) is 0 Å². The summed E-state index contributed by atoms with van der Waals surface area (Å²) in [6.07, 6.45) is 3.78. The van der Waals surface area contributed by atoms with Crippen LogP contribution in [-0.4, -0.2) is 80.0 Å². The van der Waals surface area contributed by atoms with E-state index in [2.05, 4.69) is 10.3 Å². The number of thioether (sulfide) groups is 3. The molecule has 0 unspecified atom stereocenters. The molecule has 3 atom stereocenters. The number of carboxylic acids is 2. The summed E-state index contributed by atoms with van der Waals surface area (Å²) in [6, 6.07) is 7.73. The third kappa shape index (κ3) is 8.53. The Kier molecular flexibility index (Phi) is 11.7. The van der Waals surface area contributed by atoms with E-state index in [4.69, 9.17) is 34.7 Å². The van der Waals surface area contributed by atoms with Crippen LogP contribution in [-0.2, 0) is 25.7 Å². The van der Waals surface area contributed by atoms with Gasteiger partial charge in [-0.05, 0) is 30.2 Å². The molecule has 1 fully saturated rings. The highest BCUT2D eigenvalue weighted by molar-refractivity contribution is 8.01. The molecular weight excluding hydrogens is 671 g/mol. The molecule has 0 bridgehead atoms. The Labute approximate surface area is 275 Å². The van der Waals surface area contributed by atoms with Gasteiger partial charge in [0.05, 0.1) is 10.8 Å². The Morgan fingerprint density at radius 3 is 2.55 bits per heavy atom. The van der Waals surface area contributed by atoms with Crippen LogP contribution >= 0.6 is 58.5 Å². The number of carbonyl (C=O) groups excluding carboxylic acids is 2. The third-order valence-electron chi connectivity index (χ3n) is 6.64. The molecule has 44 heavy (non-hydrogen) atoms. The van der Waals surface area contributed by atoms with E-state index in [1.807, 2.05) is 12.1 Å². The van der Waals surface area contributed by atoms with Crippen LogP contribution in [0.3, 0.4) is 0 Å². The van der Waals surface area contributed by atoms with E-state index in [0.29, 0.717) is 32.0 Å². The molecule has 7 N–H and O–H groups in total. The van der Waals surface area contributed by atoms with Crippen molar-refractivity contribution < 1.29 is 34.0 Å². The zero-order valence-corrected chi connectivity index (χ0v) is 27.0. The van der Waals surface area contributed by atoms with Crippen molar-refractivity contribution in [2.75, 3.05) is 23.8 Å². The predicted molar refractivity (Wildman–Crippen MR) is 171 cm³/mol. The molecule has 2 aliphatic heterocycles. The summed E-state index contributed by atoms with van der Waals surface area (Å²) in [4.78, 5) is 56.0.